The van der Waals surface area contributed by atoms with Crippen LogP contribution in [0.4, 0.5) is 11.4 Å². The zero-order valence-electron chi connectivity index (χ0n) is 37.2. The van der Waals surface area contributed by atoms with Crippen molar-refractivity contribution in [3.63, 3.8) is 0 Å². The lowest BCUT2D eigenvalue weighted by atomic mass is 10.00. The Morgan fingerprint density at radius 1 is 0.866 bits per heavy atom. The number of hydrogen-bond donors (Lipinski definition) is 6. The summed E-state index contributed by atoms with van der Waals surface area (Å²) in [6.07, 6.45) is 0.458. The Hall–Kier alpha value is -7.20. The van der Waals surface area contributed by atoms with Crippen LogP contribution in [0.5, 0.6) is 5.88 Å². The maximum Gasteiger partial charge on any atom is 0.296 e. The molecule has 3 heterocycles. The van der Waals surface area contributed by atoms with Crippen molar-refractivity contribution in [3.05, 3.63) is 124 Å². The molecule has 2 aliphatic rings. The number of aromatic hydroxyl groups is 1. The third kappa shape index (κ3) is 13.2. The van der Waals surface area contributed by atoms with Crippen molar-refractivity contribution in [1.82, 2.24) is 25.8 Å². The van der Waals surface area contributed by atoms with Gasteiger partial charge in [-0.2, -0.15) is 0 Å². The minimum Gasteiger partial charge on any atom is -0.494 e. The lowest BCUT2D eigenvalue weighted by molar-refractivity contribution is -0.137. The summed E-state index contributed by atoms with van der Waals surface area (Å²) in [5, 5.41) is 23.0. The summed E-state index contributed by atoms with van der Waals surface area (Å²) in [5.41, 5.74) is 6.78. The van der Waals surface area contributed by atoms with Crippen LogP contribution in [0.25, 0.3) is 10.9 Å². The van der Waals surface area contributed by atoms with Gasteiger partial charge in [-0.05, 0) is 66.9 Å². The van der Waals surface area contributed by atoms with Crippen molar-refractivity contribution in [3.8, 4) is 17.7 Å². The van der Waals surface area contributed by atoms with Crippen molar-refractivity contribution in [2.24, 2.45) is 4.99 Å². The minimum absolute atomic E-state index is 0.0179. The lowest BCUT2D eigenvalue weighted by Crippen LogP contribution is -2.52. The molecule has 2 aliphatic heterocycles. The second kappa shape index (κ2) is 23.8. The first kappa shape index (κ1) is 47.8. The van der Waals surface area contributed by atoms with Crippen LogP contribution in [0.2, 0.25) is 0 Å². The molecule has 17 heteroatoms. The molecule has 0 radical (unpaired) electrons. The van der Waals surface area contributed by atoms with Gasteiger partial charge in [-0.15, -0.1) is 0 Å². The van der Waals surface area contributed by atoms with Crippen molar-refractivity contribution < 1.29 is 48.0 Å². The van der Waals surface area contributed by atoms with E-state index in [-0.39, 0.29) is 68.7 Å². The number of aromatic amines is 1. The Morgan fingerprint density at radius 2 is 1.60 bits per heavy atom. The number of amides is 5. The van der Waals surface area contributed by atoms with E-state index in [2.05, 4.69) is 38.1 Å². The third-order valence-electron chi connectivity index (χ3n) is 10.8. The summed E-state index contributed by atoms with van der Waals surface area (Å²) in [6, 6.07) is 27.3. The number of nitrogens with one attached hydrogen (secondary N) is 5. The number of aromatic nitrogens is 1. The van der Waals surface area contributed by atoms with Crippen molar-refractivity contribution in [1.29, 1.82) is 0 Å². The molecular weight excluding hydrogens is 859 g/mol. The Balaban J connectivity index is 0.739. The van der Waals surface area contributed by atoms with Crippen LogP contribution < -0.4 is 21.3 Å². The summed E-state index contributed by atoms with van der Waals surface area (Å²) in [4.78, 5) is 70.5. The first-order valence-electron chi connectivity index (χ1n) is 22.1. The van der Waals surface area contributed by atoms with Gasteiger partial charge in [-0.1, -0.05) is 54.5 Å². The van der Waals surface area contributed by atoms with Crippen LogP contribution in [0.1, 0.15) is 57.9 Å². The zero-order chi connectivity index (χ0) is 47.0. The van der Waals surface area contributed by atoms with Crippen molar-refractivity contribution >= 4 is 57.5 Å². The van der Waals surface area contributed by atoms with E-state index in [1.54, 1.807) is 24.3 Å². The number of fused-ring (bicyclic) bond motifs is 2. The van der Waals surface area contributed by atoms with Gasteiger partial charge in [0.25, 0.3) is 11.8 Å². The highest BCUT2D eigenvalue weighted by atomic mass is 16.6. The molecule has 5 aromatic rings. The van der Waals surface area contributed by atoms with E-state index >= 15 is 0 Å². The van der Waals surface area contributed by atoms with Crippen molar-refractivity contribution in [2.45, 2.75) is 38.9 Å². The van der Waals surface area contributed by atoms with Crippen LogP contribution in [-0.2, 0) is 51.2 Å². The molecule has 0 bridgehead atoms. The number of ether oxygens (including phenoxy) is 4. The molecule has 0 aliphatic carbocycles. The molecule has 7 rings (SSSR count). The van der Waals surface area contributed by atoms with E-state index in [9.17, 15) is 29.1 Å². The molecule has 348 valence electrons. The second-order valence-corrected chi connectivity index (χ2v) is 15.6. The number of carbonyl (C=O) groups is 5. The fraction of sp³-hybridized carbons (Fsp3) is 0.320. The quantitative estimate of drug-likeness (QED) is 0.0251. The average Bonchev–Trinajstić information content (AvgIpc) is 3.83. The number of aliphatic imine (C=N–C) groups is 1. The minimum atomic E-state index is -0.703. The average molecular weight is 912 g/mol. The molecule has 1 saturated heterocycles. The van der Waals surface area contributed by atoms with Crippen LogP contribution in [0.15, 0.2) is 96.0 Å². The number of nitrogens with zero attached hydrogens (tertiary/aromatic N) is 2. The number of benzene rings is 4. The van der Waals surface area contributed by atoms with Gasteiger partial charge in [0.05, 0.1) is 68.7 Å². The van der Waals surface area contributed by atoms with Gasteiger partial charge in [0.15, 0.2) is 5.88 Å². The van der Waals surface area contributed by atoms with Gasteiger partial charge in [-0.25, -0.2) is 4.99 Å². The van der Waals surface area contributed by atoms with Crippen LogP contribution in [0.3, 0.4) is 0 Å². The first-order chi connectivity index (χ1) is 32.7. The van der Waals surface area contributed by atoms with Gasteiger partial charge in [-0.3, -0.25) is 29.3 Å². The van der Waals surface area contributed by atoms with Gasteiger partial charge in [0.2, 0.25) is 17.7 Å². The van der Waals surface area contributed by atoms with E-state index in [0.29, 0.717) is 91.8 Å². The highest BCUT2D eigenvalue weighted by Crippen LogP contribution is 2.33. The van der Waals surface area contributed by atoms with E-state index < -0.39 is 11.9 Å². The number of anilines is 1. The van der Waals surface area contributed by atoms with E-state index in [0.717, 1.165) is 22.2 Å². The van der Waals surface area contributed by atoms with Crippen LogP contribution in [-0.4, -0.2) is 122 Å². The van der Waals surface area contributed by atoms with Crippen LogP contribution >= 0.6 is 0 Å². The molecule has 4 aromatic carbocycles. The predicted molar refractivity (Wildman–Crippen MR) is 250 cm³/mol. The molecule has 1 fully saturated rings. The number of rotatable bonds is 22. The molecule has 67 heavy (non-hydrogen) atoms. The maximum atomic E-state index is 12.9. The van der Waals surface area contributed by atoms with E-state index in [1.165, 1.54) is 4.90 Å². The third-order valence-corrected chi connectivity index (χ3v) is 10.8. The van der Waals surface area contributed by atoms with Crippen LogP contribution in [0, 0.1) is 11.8 Å². The van der Waals surface area contributed by atoms with E-state index in [1.807, 2.05) is 73.7 Å². The molecule has 0 saturated carbocycles. The topological polar surface area (TPSA) is 222 Å². The van der Waals surface area contributed by atoms with Gasteiger partial charge < -0.3 is 49.9 Å². The SMILES string of the molecule is CCNC(=O)C#Cc1ccc2c(C(=Nc3ccc(CNCCOCCOCCOCCOCC(=O)Nc4ccc5c(c4)CN(C4CCC(=O)NC4=O)C5=O)cc3)c3ccccc3)c(O)[nH]c2c1. The Bertz CT molecular complexity index is 2650. The largest absolute Gasteiger partial charge is 0.494 e. The number of hydrogen-bond acceptors (Lipinski definition) is 12. The monoisotopic (exact) mass is 911 g/mol. The molecular formula is C50H53N7O10. The molecule has 1 unspecified atom stereocenters. The van der Waals surface area contributed by atoms with Crippen molar-refractivity contribution in [2.75, 3.05) is 71.3 Å². The highest BCUT2D eigenvalue weighted by molar-refractivity contribution is 6.22. The highest BCUT2D eigenvalue weighted by Gasteiger charge is 2.39. The molecule has 17 nitrogen and oxygen atoms in total. The van der Waals surface area contributed by atoms with Gasteiger partial charge >= 0.3 is 0 Å². The normalized spacial score (nSPS) is 14.7. The molecule has 0 spiro atoms. The summed E-state index contributed by atoms with van der Waals surface area (Å²) in [6.45, 7) is 6.29. The molecule has 6 N–H and O–H groups in total. The number of carbonyl (C=O) groups excluding carboxylic acids is 5. The standard InChI is InChI=1S/C50H53N7O10/c1-2-52-43(58)18-11-33-10-15-40-41(28-33)55-49(62)46(40)47(35-6-4-3-5-7-35)54-37-12-8-34(9-13-37)30-51-20-21-64-22-23-65-24-25-66-26-27-67-32-45(60)53-38-14-16-39-36(29-38)31-57(50(39)63)42-17-19-44(59)56-48(42)61/h3-10,12-16,28-29,42,51,55,62H,2,17,19-27,30-32H2,1H3,(H,52,58)(H,53,60)(H,56,59,61). The maximum absolute atomic E-state index is 12.9. The van der Waals surface area contributed by atoms with E-state index in [4.69, 9.17) is 23.9 Å². The molecule has 1 atom stereocenters. The number of imide groups is 1. The smallest absolute Gasteiger partial charge is 0.296 e. The fourth-order valence-corrected chi connectivity index (χ4v) is 7.56. The van der Waals surface area contributed by atoms with Gasteiger partial charge in [0, 0.05) is 66.3 Å². The summed E-state index contributed by atoms with van der Waals surface area (Å²) in [7, 11) is 0. The molecule has 5 amide bonds. The summed E-state index contributed by atoms with van der Waals surface area (Å²) in [5.74, 6) is 3.64. The Kier molecular flexibility index (Phi) is 17.0. The second-order valence-electron chi connectivity index (χ2n) is 15.6. The fourth-order valence-electron chi connectivity index (χ4n) is 7.56. The predicted octanol–water partition coefficient (Wildman–Crippen LogP) is 4.09. The number of piperidine rings is 1. The molecule has 1 aromatic heterocycles. The zero-order valence-corrected chi connectivity index (χ0v) is 37.2. The van der Waals surface area contributed by atoms with Gasteiger partial charge in [0.1, 0.15) is 12.6 Å². The Morgan fingerprint density at radius 3 is 2.33 bits per heavy atom. The number of H-pyrrole nitrogens is 1. The lowest BCUT2D eigenvalue weighted by Gasteiger charge is -2.29. The summed E-state index contributed by atoms with van der Waals surface area (Å²) < 4.78 is 22.2. The first-order valence-corrected chi connectivity index (χ1v) is 22.1. The summed E-state index contributed by atoms with van der Waals surface area (Å²) >= 11 is 0. The Labute approximate surface area is 387 Å².